The van der Waals surface area contributed by atoms with Crippen LogP contribution in [0.5, 0.6) is 0 Å². The van der Waals surface area contributed by atoms with Crippen molar-refractivity contribution in [3.63, 3.8) is 0 Å². The van der Waals surface area contributed by atoms with Crippen LogP contribution < -0.4 is 0 Å². The number of carboxylic acid groups (broad SMARTS) is 1. The second-order valence-electron chi connectivity index (χ2n) is 2.95. The second kappa shape index (κ2) is 4.11. The summed E-state index contributed by atoms with van der Waals surface area (Å²) in [4.78, 5) is 23.1. The van der Waals surface area contributed by atoms with E-state index in [0.29, 0.717) is 19.6 Å². The van der Waals surface area contributed by atoms with Crippen LogP contribution >= 0.6 is 0 Å². The van der Waals surface area contributed by atoms with Gasteiger partial charge in [0.25, 0.3) is 0 Å². The maximum Gasteiger partial charge on any atom is 0.410 e. The molecule has 1 aliphatic heterocycles. The normalized spacial score (nSPS) is 18.5. The summed E-state index contributed by atoms with van der Waals surface area (Å²) in [6.45, 7) is 2.57. The molecule has 0 spiro atoms. The average molecular weight is 187 g/mol. The number of nitrogens with zero attached hydrogens (tertiary/aromatic N) is 1. The Labute approximate surface area is 76.3 Å². The lowest BCUT2D eigenvalue weighted by molar-refractivity contribution is -0.142. The lowest BCUT2D eigenvalue weighted by atomic mass is 10.1. The van der Waals surface area contributed by atoms with Crippen molar-refractivity contribution in [3.8, 4) is 0 Å². The second-order valence-corrected chi connectivity index (χ2v) is 2.95. The first kappa shape index (κ1) is 9.83. The lowest BCUT2D eigenvalue weighted by Gasteiger charge is -2.20. The van der Waals surface area contributed by atoms with Gasteiger partial charge < -0.3 is 9.84 Å². The zero-order chi connectivity index (χ0) is 9.84. The summed E-state index contributed by atoms with van der Waals surface area (Å²) in [7, 11) is 0. The molecule has 0 bridgehead atoms. The van der Waals surface area contributed by atoms with Crippen LogP contribution in [-0.2, 0) is 9.53 Å². The summed E-state index contributed by atoms with van der Waals surface area (Å²) < 4.78 is 4.67. The van der Waals surface area contributed by atoms with E-state index in [1.54, 1.807) is 0 Å². The van der Waals surface area contributed by atoms with E-state index in [1.807, 2.05) is 6.92 Å². The Bertz CT molecular complexity index is 216. The highest BCUT2D eigenvalue weighted by molar-refractivity contribution is 5.80. The highest BCUT2D eigenvalue weighted by Crippen LogP contribution is 2.13. The third-order valence-electron chi connectivity index (χ3n) is 2.02. The molecule has 5 heteroatoms. The Morgan fingerprint density at radius 2 is 2.46 bits per heavy atom. The number of hydrogen-bond donors (Lipinski definition) is 1. The van der Waals surface area contributed by atoms with Gasteiger partial charge in [0, 0.05) is 0 Å². The van der Waals surface area contributed by atoms with Crippen molar-refractivity contribution in [1.29, 1.82) is 0 Å². The molecule has 0 aromatic heterocycles. The van der Waals surface area contributed by atoms with Gasteiger partial charge in [-0.1, -0.05) is 13.3 Å². The zero-order valence-corrected chi connectivity index (χ0v) is 7.52. The number of carboxylic acids is 1. The molecule has 0 radical (unpaired) electrons. The zero-order valence-electron chi connectivity index (χ0n) is 7.52. The largest absolute Gasteiger partial charge is 0.480 e. The first-order valence-electron chi connectivity index (χ1n) is 4.33. The fourth-order valence-corrected chi connectivity index (χ4v) is 1.37. The summed E-state index contributed by atoms with van der Waals surface area (Å²) in [5, 5.41) is 8.83. The van der Waals surface area contributed by atoms with Crippen molar-refractivity contribution in [2.24, 2.45) is 0 Å². The first-order chi connectivity index (χ1) is 6.16. The van der Waals surface area contributed by atoms with Gasteiger partial charge in [-0.25, -0.2) is 9.59 Å². The van der Waals surface area contributed by atoms with Crippen LogP contribution in [0.3, 0.4) is 0 Å². The number of amides is 1. The molecule has 1 N–H and O–H groups in total. The molecule has 1 heterocycles. The van der Waals surface area contributed by atoms with E-state index >= 15 is 0 Å². The minimum atomic E-state index is -0.958. The van der Waals surface area contributed by atoms with Crippen LogP contribution in [0.1, 0.15) is 19.8 Å². The van der Waals surface area contributed by atoms with E-state index in [1.165, 1.54) is 4.90 Å². The Kier molecular flexibility index (Phi) is 3.11. The van der Waals surface area contributed by atoms with Crippen molar-refractivity contribution in [1.82, 2.24) is 4.90 Å². The summed E-state index contributed by atoms with van der Waals surface area (Å²) in [6.07, 6.45) is 0.700. The SMILES string of the molecule is CCCC(C(=O)O)N1CCOC1=O. The van der Waals surface area contributed by atoms with Crippen LogP contribution in [0, 0.1) is 0 Å². The molecule has 0 aliphatic carbocycles. The monoisotopic (exact) mass is 187 g/mol. The molecule has 5 nitrogen and oxygen atoms in total. The summed E-state index contributed by atoms with van der Waals surface area (Å²) in [5.41, 5.74) is 0. The number of hydrogen-bond acceptors (Lipinski definition) is 3. The molecule has 74 valence electrons. The average Bonchev–Trinajstić information content (AvgIpc) is 2.47. The van der Waals surface area contributed by atoms with E-state index in [0.717, 1.165) is 6.42 Å². The number of ether oxygens (including phenoxy) is 1. The summed E-state index contributed by atoms with van der Waals surface area (Å²) in [5.74, 6) is -0.958. The van der Waals surface area contributed by atoms with Gasteiger partial charge in [-0.2, -0.15) is 0 Å². The molecular formula is C8H13NO4. The molecule has 1 aliphatic rings. The Morgan fingerprint density at radius 1 is 1.77 bits per heavy atom. The van der Waals surface area contributed by atoms with Crippen LogP contribution in [0.15, 0.2) is 0 Å². The molecule has 1 saturated heterocycles. The fraction of sp³-hybridized carbons (Fsp3) is 0.750. The molecule has 1 rings (SSSR count). The van der Waals surface area contributed by atoms with Crippen molar-refractivity contribution >= 4 is 12.1 Å². The molecule has 1 unspecified atom stereocenters. The van der Waals surface area contributed by atoms with Gasteiger partial charge in [0.15, 0.2) is 0 Å². The van der Waals surface area contributed by atoms with Gasteiger partial charge in [-0.05, 0) is 6.42 Å². The van der Waals surface area contributed by atoms with E-state index in [9.17, 15) is 9.59 Å². The van der Waals surface area contributed by atoms with Gasteiger partial charge in [-0.15, -0.1) is 0 Å². The number of cyclic esters (lactones) is 1. The van der Waals surface area contributed by atoms with Gasteiger partial charge in [0.1, 0.15) is 12.6 Å². The van der Waals surface area contributed by atoms with Crippen LogP contribution in [0.4, 0.5) is 4.79 Å². The Balaban J connectivity index is 2.63. The molecule has 1 fully saturated rings. The van der Waals surface area contributed by atoms with E-state index in [2.05, 4.69) is 4.74 Å². The predicted molar refractivity (Wildman–Crippen MR) is 44.4 cm³/mol. The van der Waals surface area contributed by atoms with E-state index in [-0.39, 0.29) is 0 Å². The molecule has 13 heavy (non-hydrogen) atoms. The van der Waals surface area contributed by atoms with Gasteiger partial charge in [0.05, 0.1) is 6.54 Å². The topological polar surface area (TPSA) is 66.8 Å². The Hall–Kier alpha value is -1.26. The number of aliphatic carboxylic acids is 1. The lowest BCUT2D eigenvalue weighted by Crippen LogP contribution is -2.41. The number of carbonyl (C=O) groups is 2. The molecule has 1 amide bonds. The highest BCUT2D eigenvalue weighted by Gasteiger charge is 2.33. The van der Waals surface area contributed by atoms with Gasteiger partial charge >= 0.3 is 12.1 Å². The first-order valence-corrected chi connectivity index (χ1v) is 4.33. The van der Waals surface area contributed by atoms with Crippen molar-refractivity contribution in [2.75, 3.05) is 13.2 Å². The van der Waals surface area contributed by atoms with Crippen LogP contribution in [-0.4, -0.2) is 41.3 Å². The molecule has 1 atom stereocenters. The molecular weight excluding hydrogens is 174 g/mol. The third kappa shape index (κ3) is 2.11. The van der Waals surface area contributed by atoms with Crippen molar-refractivity contribution < 1.29 is 19.4 Å². The molecule has 0 saturated carbocycles. The molecule has 0 aromatic rings. The van der Waals surface area contributed by atoms with Gasteiger partial charge in [0.2, 0.25) is 0 Å². The number of rotatable bonds is 4. The van der Waals surface area contributed by atoms with E-state index in [4.69, 9.17) is 5.11 Å². The predicted octanol–water partition coefficient (Wildman–Crippen LogP) is 0.692. The quantitative estimate of drug-likeness (QED) is 0.703. The molecule has 0 aromatic carbocycles. The summed E-state index contributed by atoms with van der Waals surface area (Å²) in [6, 6.07) is -0.722. The minimum Gasteiger partial charge on any atom is -0.480 e. The highest BCUT2D eigenvalue weighted by atomic mass is 16.6. The maximum atomic E-state index is 11.0. The smallest absolute Gasteiger partial charge is 0.410 e. The standard InChI is InChI=1S/C8H13NO4/c1-2-3-6(7(10)11)9-4-5-13-8(9)12/h6H,2-5H2,1H3,(H,10,11). The number of carbonyl (C=O) groups excluding carboxylic acids is 1. The van der Waals surface area contributed by atoms with Crippen LogP contribution in [0.2, 0.25) is 0 Å². The van der Waals surface area contributed by atoms with Crippen molar-refractivity contribution in [2.45, 2.75) is 25.8 Å². The fourth-order valence-electron chi connectivity index (χ4n) is 1.37. The maximum absolute atomic E-state index is 11.0. The van der Waals surface area contributed by atoms with E-state index < -0.39 is 18.1 Å². The Morgan fingerprint density at radius 3 is 2.85 bits per heavy atom. The minimum absolute atomic E-state index is 0.298. The summed E-state index contributed by atoms with van der Waals surface area (Å²) >= 11 is 0. The van der Waals surface area contributed by atoms with Gasteiger partial charge in [-0.3, -0.25) is 4.90 Å². The van der Waals surface area contributed by atoms with Crippen molar-refractivity contribution in [3.05, 3.63) is 0 Å². The third-order valence-corrected chi connectivity index (χ3v) is 2.02. The van der Waals surface area contributed by atoms with Crippen LogP contribution in [0.25, 0.3) is 0 Å².